The molecule has 4 rings (SSSR count). The molecule has 2 aliphatic carbocycles. The summed E-state index contributed by atoms with van der Waals surface area (Å²) in [6.07, 6.45) is 6.73. The number of carbonyl (C=O) groups excluding carboxylic acids is 1. The summed E-state index contributed by atoms with van der Waals surface area (Å²) in [5, 5.41) is 7.19. The molecule has 1 aliphatic heterocycles. The molecule has 1 amide bonds. The molecule has 2 N–H and O–H groups in total. The normalized spacial score (nSPS) is 26.9. The molecule has 0 spiro atoms. The van der Waals surface area contributed by atoms with Crippen LogP contribution in [0.2, 0.25) is 0 Å². The first kappa shape index (κ1) is 22.8. The number of likely N-dealkylation sites (tertiary alicyclic amines) is 1. The van der Waals surface area contributed by atoms with Gasteiger partial charge in [0, 0.05) is 48.0 Å². The topological polar surface area (TPSA) is 56.7 Å². The molecule has 1 aromatic rings. The van der Waals surface area contributed by atoms with Crippen LogP contribution in [0, 0.1) is 5.92 Å². The van der Waals surface area contributed by atoms with Crippen LogP contribution in [-0.2, 0) is 4.79 Å². The predicted octanol–water partition coefficient (Wildman–Crippen LogP) is 4.27. The Balaban J connectivity index is 0.00000240. The predicted molar refractivity (Wildman–Crippen MR) is 132 cm³/mol. The maximum absolute atomic E-state index is 12.7. The Bertz CT molecular complexity index is 720. The van der Waals surface area contributed by atoms with Crippen molar-refractivity contribution >= 4 is 51.8 Å². The fraction of sp³-hybridized carbons (Fsp3) is 0.636. The second-order valence-corrected chi connectivity index (χ2v) is 9.28. The van der Waals surface area contributed by atoms with Crippen LogP contribution in [0.3, 0.4) is 0 Å². The fourth-order valence-electron chi connectivity index (χ4n) is 4.60. The Labute approximate surface area is 199 Å². The third kappa shape index (κ3) is 5.87. The van der Waals surface area contributed by atoms with Crippen molar-refractivity contribution in [2.75, 3.05) is 19.6 Å². The number of rotatable bonds is 5. The van der Waals surface area contributed by atoms with Gasteiger partial charge in [0.25, 0.3) is 0 Å². The fourth-order valence-corrected chi connectivity index (χ4v) is 4.87. The molecule has 3 atom stereocenters. The van der Waals surface area contributed by atoms with Crippen LogP contribution in [0.4, 0.5) is 0 Å². The van der Waals surface area contributed by atoms with Gasteiger partial charge in [-0.2, -0.15) is 0 Å². The van der Waals surface area contributed by atoms with E-state index in [1.807, 2.05) is 0 Å². The Morgan fingerprint density at radius 2 is 1.90 bits per heavy atom. The average molecular weight is 575 g/mol. The van der Waals surface area contributed by atoms with E-state index in [1.54, 1.807) is 0 Å². The zero-order chi connectivity index (χ0) is 19.5. The number of carbonyl (C=O) groups is 1. The zero-order valence-electron chi connectivity index (χ0n) is 17.1. The van der Waals surface area contributed by atoms with Crippen molar-refractivity contribution in [1.29, 1.82) is 0 Å². The van der Waals surface area contributed by atoms with Gasteiger partial charge >= 0.3 is 0 Å². The number of guanidine groups is 1. The first-order chi connectivity index (χ1) is 13.6. The summed E-state index contributed by atoms with van der Waals surface area (Å²) in [5.74, 6) is 2.10. The second kappa shape index (κ2) is 10.5. The minimum absolute atomic E-state index is 0. The Kier molecular flexibility index (Phi) is 8.24. The summed E-state index contributed by atoms with van der Waals surface area (Å²) in [5.41, 5.74) is 1.38. The van der Waals surface area contributed by atoms with E-state index in [9.17, 15) is 4.79 Å². The summed E-state index contributed by atoms with van der Waals surface area (Å²) in [4.78, 5) is 19.4. The molecule has 5 nitrogen and oxygen atoms in total. The zero-order valence-corrected chi connectivity index (χ0v) is 21.0. The molecular weight excluding hydrogens is 543 g/mol. The van der Waals surface area contributed by atoms with E-state index in [2.05, 4.69) is 67.6 Å². The molecule has 0 aromatic heterocycles. The quantitative estimate of drug-likeness (QED) is 0.314. The molecular formula is C22H32BrIN4O. The smallest absolute Gasteiger partial charge is 0.225 e. The van der Waals surface area contributed by atoms with Gasteiger partial charge in [-0.3, -0.25) is 9.79 Å². The van der Waals surface area contributed by atoms with Crippen molar-refractivity contribution in [3.05, 3.63) is 34.3 Å². The number of aliphatic imine (C=N–C) groups is 1. The molecule has 160 valence electrons. The molecule has 3 fully saturated rings. The van der Waals surface area contributed by atoms with E-state index in [0.717, 1.165) is 55.7 Å². The van der Waals surface area contributed by atoms with Gasteiger partial charge in [-0.25, -0.2) is 0 Å². The van der Waals surface area contributed by atoms with E-state index in [4.69, 9.17) is 0 Å². The third-order valence-electron chi connectivity index (χ3n) is 6.27. The maximum Gasteiger partial charge on any atom is 0.225 e. The number of amides is 1. The van der Waals surface area contributed by atoms with Gasteiger partial charge in [0.2, 0.25) is 5.91 Å². The lowest BCUT2D eigenvalue weighted by Gasteiger charge is -2.21. The lowest BCUT2D eigenvalue weighted by atomic mass is 10.1. The SMILES string of the molecule is CCN=C(NC1CCN(C(=O)C2CCCC2)C1)NC1CC1c1ccc(Br)cc1.I. The standard InChI is InChI=1S/C22H31BrN4O.HI/c1-2-24-22(26-20-13-19(20)15-7-9-17(23)10-8-15)25-18-11-12-27(14-18)21(28)16-5-3-4-6-16;/h7-10,16,18-20H,2-6,11-14H2,1H3,(H2,24,25,26);1H. The van der Waals surface area contributed by atoms with Crippen LogP contribution in [0.1, 0.15) is 56.9 Å². The summed E-state index contributed by atoms with van der Waals surface area (Å²) in [6, 6.07) is 9.36. The molecule has 3 aliphatic rings. The molecule has 2 saturated carbocycles. The minimum atomic E-state index is 0. The van der Waals surface area contributed by atoms with Crippen molar-refractivity contribution in [2.24, 2.45) is 10.9 Å². The molecule has 29 heavy (non-hydrogen) atoms. The lowest BCUT2D eigenvalue weighted by molar-refractivity contribution is -0.134. The van der Waals surface area contributed by atoms with Crippen molar-refractivity contribution in [3.63, 3.8) is 0 Å². The third-order valence-corrected chi connectivity index (χ3v) is 6.80. The first-order valence-corrected chi connectivity index (χ1v) is 11.5. The highest BCUT2D eigenvalue weighted by Gasteiger charge is 2.39. The highest BCUT2D eigenvalue weighted by molar-refractivity contribution is 14.0. The number of hydrogen-bond acceptors (Lipinski definition) is 2. The summed E-state index contributed by atoms with van der Waals surface area (Å²) >= 11 is 3.50. The number of nitrogens with zero attached hydrogens (tertiary/aromatic N) is 2. The van der Waals surface area contributed by atoms with Gasteiger partial charge in [0.1, 0.15) is 0 Å². The van der Waals surface area contributed by atoms with Crippen LogP contribution in [-0.4, -0.2) is 48.5 Å². The van der Waals surface area contributed by atoms with Crippen molar-refractivity contribution in [2.45, 2.75) is 63.5 Å². The van der Waals surface area contributed by atoms with Gasteiger partial charge in [0.05, 0.1) is 0 Å². The van der Waals surface area contributed by atoms with E-state index in [0.29, 0.717) is 23.9 Å². The number of hydrogen-bond donors (Lipinski definition) is 2. The molecule has 3 unspecified atom stereocenters. The van der Waals surface area contributed by atoms with Crippen LogP contribution in [0.15, 0.2) is 33.7 Å². The monoisotopic (exact) mass is 574 g/mol. The Morgan fingerprint density at radius 1 is 1.17 bits per heavy atom. The van der Waals surface area contributed by atoms with Crippen LogP contribution in [0.25, 0.3) is 0 Å². The summed E-state index contributed by atoms with van der Waals surface area (Å²) in [6.45, 7) is 4.49. The Morgan fingerprint density at radius 3 is 2.59 bits per heavy atom. The van der Waals surface area contributed by atoms with Gasteiger partial charge in [0.15, 0.2) is 5.96 Å². The lowest BCUT2D eigenvalue weighted by Crippen LogP contribution is -2.46. The number of nitrogens with one attached hydrogen (secondary N) is 2. The van der Waals surface area contributed by atoms with Crippen molar-refractivity contribution in [1.82, 2.24) is 15.5 Å². The molecule has 7 heteroatoms. The van der Waals surface area contributed by atoms with E-state index in [1.165, 1.54) is 18.4 Å². The molecule has 1 aromatic carbocycles. The first-order valence-electron chi connectivity index (χ1n) is 10.8. The second-order valence-electron chi connectivity index (χ2n) is 8.36. The maximum atomic E-state index is 12.7. The molecule has 0 bridgehead atoms. The van der Waals surface area contributed by atoms with Crippen LogP contribution >= 0.6 is 39.9 Å². The number of halogens is 2. The van der Waals surface area contributed by atoms with Gasteiger partial charge in [-0.05, 0) is 50.3 Å². The highest BCUT2D eigenvalue weighted by atomic mass is 127. The van der Waals surface area contributed by atoms with Crippen LogP contribution in [0.5, 0.6) is 0 Å². The molecule has 1 saturated heterocycles. The van der Waals surface area contributed by atoms with Gasteiger partial charge in [-0.1, -0.05) is 40.9 Å². The molecule has 0 radical (unpaired) electrons. The minimum Gasteiger partial charge on any atom is -0.353 e. The van der Waals surface area contributed by atoms with Gasteiger partial charge < -0.3 is 15.5 Å². The van der Waals surface area contributed by atoms with E-state index >= 15 is 0 Å². The highest BCUT2D eigenvalue weighted by Crippen LogP contribution is 2.41. The van der Waals surface area contributed by atoms with Gasteiger partial charge in [-0.15, -0.1) is 24.0 Å². The van der Waals surface area contributed by atoms with Crippen molar-refractivity contribution in [3.8, 4) is 0 Å². The van der Waals surface area contributed by atoms with Crippen molar-refractivity contribution < 1.29 is 4.79 Å². The summed E-state index contributed by atoms with van der Waals surface area (Å²) in [7, 11) is 0. The largest absolute Gasteiger partial charge is 0.353 e. The number of benzene rings is 1. The average Bonchev–Trinajstić information content (AvgIpc) is 3.10. The molecule has 1 heterocycles. The Hall–Kier alpha value is -0.830. The van der Waals surface area contributed by atoms with E-state index < -0.39 is 0 Å². The van der Waals surface area contributed by atoms with Crippen LogP contribution < -0.4 is 10.6 Å². The summed E-state index contributed by atoms with van der Waals surface area (Å²) < 4.78 is 1.12. The van der Waals surface area contributed by atoms with E-state index in [-0.39, 0.29) is 29.9 Å².